The quantitative estimate of drug-likeness (QED) is 0.643. The number of hydrogen-bond donors (Lipinski definition) is 1. The number of pyridine rings is 1. The van der Waals surface area contributed by atoms with Gasteiger partial charge in [-0.2, -0.15) is 10.4 Å². The molecular weight excluding hydrogens is 406 g/mol. The van der Waals surface area contributed by atoms with E-state index >= 15 is 0 Å². The van der Waals surface area contributed by atoms with Gasteiger partial charge < -0.3 is 15.4 Å². The van der Waals surface area contributed by atoms with E-state index in [2.05, 4.69) is 16.2 Å². The molecule has 0 spiro atoms. The van der Waals surface area contributed by atoms with Crippen molar-refractivity contribution in [1.82, 2.24) is 19.7 Å². The zero-order valence-corrected chi connectivity index (χ0v) is 16.8. The highest BCUT2D eigenvalue weighted by atomic mass is 19.1. The minimum Gasteiger partial charge on any atom is -0.479 e. The number of carbonyl (C=O) groups excluding carboxylic acids is 1. The number of fused-ring (bicyclic) bond motifs is 5. The van der Waals surface area contributed by atoms with Crippen molar-refractivity contribution in [1.29, 1.82) is 5.26 Å². The summed E-state index contributed by atoms with van der Waals surface area (Å²) >= 11 is 0. The molecule has 0 saturated heterocycles. The minimum absolute atomic E-state index is 0.00962. The Morgan fingerprint density at radius 3 is 2.84 bits per heavy atom. The second-order valence-electron chi connectivity index (χ2n) is 7.17. The Balaban J connectivity index is 1.99. The van der Waals surface area contributed by atoms with Crippen molar-refractivity contribution < 1.29 is 18.3 Å². The molecule has 2 aromatic heterocycles. The van der Waals surface area contributed by atoms with Crippen LogP contribution in [0.15, 0.2) is 30.5 Å². The lowest BCUT2D eigenvalue weighted by Gasteiger charge is -2.24. The lowest BCUT2D eigenvalue weighted by Crippen LogP contribution is -2.29. The number of alkyl halides is 1. The summed E-state index contributed by atoms with van der Waals surface area (Å²) in [5.74, 6) is -1.06. The van der Waals surface area contributed by atoms with Crippen LogP contribution in [0.25, 0.3) is 11.1 Å². The summed E-state index contributed by atoms with van der Waals surface area (Å²) in [5, 5.41) is 14.0. The van der Waals surface area contributed by atoms with Gasteiger partial charge in [-0.15, -0.1) is 0 Å². The fraction of sp³-hybridized carbons (Fsp3) is 0.238. The van der Waals surface area contributed by atoms with Crippen LogP contribution in [0.4, 0.5) is 14.6 Å². The third kappa shape index (κ3) is 3.44. The second-order valence-corrected chi connectivity index (χ2v) is 7.17. The Kier molecular flexibility index (Phi) is 5.02. The number of amides is 1. The first-order valence-corrected chi connectivity index (χ1v) is 9.33. The monoisotopic (exact) mass is 424 g/mol. The van der Waals surface area contributed by atoms with E-state index in [0.29, 0.717) is 16.8 Å². The van der Waals surface area contributed by atoms with E-state index in [1.807, 2.05) is 0 Å². The number of benzene rings is 1. The third-order valence-corrected chi connectivity index (χ3v) is 5.13. The van der Waals surface area contributed by atoms with Crippen LogP contribution in [-0.2, 0) is 13.6 Å². The van der Waals surface area contributed by atoms with Crippen LogP contribution >= 0.6 is 0 Å². The summed E-state index contributed by atoms with van der Waals surface area (Å²) in [7, 11) is 3.16. The van der Waals surface area contributed by atoms with Gasteiger partial charge in [0.1, 0.15) is 24.3 Å². The SMILES string of the molecule is CN1Cc2nn(C)c(C#N)c2-c2cnc(N)c(c2)OC(CF)c2cc(F)ccc2C1=O. The first-order chi connectivity index (χ1) is 14.8. The lowest BCUT2D eigenvalue weighted by molar-refractivity contribution is 0.0775. The number of ether oxygens (including phenoxy) is 1. The molecule has 158 valence electrons. The molecule has 10 heteroatoms. The first kappa shape index (κ1) is 20.3. The molecule has 0 aliphatic carbocycles. The third-order valence-electron chi connectivity index (χ3n) is 5.13. The zero-order chi connectivity index (χ0) is 22.3. The Bertz CT molecular complexity index is 1230. The van der Waals surface area contributed by atoms with Gasteiger partial charge in [-0.1, -0.05) is 0 Å². The van der Waals surface area contributed by atoms with Crippen LogP contribution in [0, 0.1) is 17.1 Å². The van der Waals surface area contributed by atoms with Gasteiger partial charge in [-0.05, 0) is 24.3 Å². The van der Waals surface area contributed by atoms with E-state index in [-0.39, 0.29) is 34.9 Å². The van der Waals surface area contributed by atoms with Crippen LogP contribution in [0.3, 0.4) is 0 Å². The molecule has 2 N–H and O–H groups in total. The summed E-state index contributed by atoms with van der Waals surface area (Å²) in [4.78, 5) is 18.6. The predicted molar refractivity (Wildman–Crippen MR) is 107 cm³/mol. The van der Waals surface area contributed by atoms with E-state index < -0.39 is 24.5 Å². The van der Waals surface area contributed by atoms with E-state index in [1.165, 1.54) is 27.9 Å². The second kappa shape index (κ2) is 7.68. The van der Waals surface area contributed by atoms with Crippen molar-refractivity contribution in [2.24, 2.45) is 7.05 Å². The van der Waals surface area contributed by atoms with Crippen LogP contribution in [0.5, 0.6) is 5.75 Å². The molecular formula is C21H18F2N6O2. The van der Waals surface area contributed by atoms with Crippen LogP contribution in [0.1, 0.15) is 33.4 Å². The number of aryl methyl sites for hydroxylation is 1. The molecule has 3 aromatic rings. The molecule has 0 fully saturated rings. The molecule has 8 nitrogen and oxygen atoms in total. The molecule has 31 heavy (non-hydrogen) atoms. The molecule has 0 saturated carbocycles. The number of aromatic nitrogens is 3. The predicted octanol–water partition coefficient (Wildman–Crippen LogP) is 2.75. The van der Waals surface area contributed by atoms with Crippen molar-refractivity contribution in [2.75, 3.05) is 19.5 Å². The van der Waals surface area contributed by atoms with Crippen LogP contribution < -0.4 is 10.5 Å². The smallest absolute Gasteiger partial charge is 0.254 e. The number of halogens is 2. The number of anilines is 1. The van der Waals surface area contributed by atoms with Gasteiger partial charge in [0.05, 0.1) is 12.2 Å². The van der Waals surface area contributed by atoms with Crippen molar-refractivity contribution >= 4 is 11.7 Å². The van der Waals surface area contributed by atoms with Crippen molar-refractivity contribution in [2.45, 2.75) is 12.6 Å². The molecule has 1 unspecified atom stereocenters. The molecule has 1 aromatic carbocycles. The average molecular weight is 424 g/mol. The number of carbonyl (C=O) groups is 1. The van der Waals surface area contributed by atoms with E-state index in [9.17, 15) is 18.8 Å². The summed E-state index contributed by atoms with van der Waals surface area (Å²) in [6, 6.07) is 7.13. The topological polar surface area (TPSA) is 110 Å². The number of nitrogens with two attached hydrogens (primary N) is 1. The van der Waals surface area contributed by atoms with Gasteiger partial charge in [0.2, 0.25) is 0 Å². The fourth-order valence-electron chi connectivity index (χ4n) is 3.64. The van der Waals surface area contributed by atoms with Crippen molar-refractivity contribution in [3.63, 3.8) is 0 Å². The highest BCUT2D eigenvalue weighted by molar-refractivity contribution is 5.96. The summed E-state index contributed by atoms with van der Waals surface area (Å²) in [6.45, 7) is -0.972. The van der Waals surface area contributed by atoms with Crippen LogP contribution in [-0.4, -0.2) is 39.3 Å². The highest BCUT2D eigenvalue weighted by Gasteiger charge is 2.28. The standard InChI is InChI=1S/C21H18F2N6O2/c1-28-10-15-19(16(8-24)29(2)27-15)11-5-17(20(25)26-9-11)31-18(7-22)14-6-12(23)3-4-13(14)21(28)30/h3-6,9,18H,7,10H2,1-2H3,(H2,25,26). The molecule has 4 rings (SSSR count). The van der Waals surface area contributed by atoms with Gasteiger partial charge in [-0.25, -0.2) is 13.8 Å². The molecule has 1 aliphatic heterocycles. The van der Waals surface area contributed by atoms with E-state index in [0.717, 1.165) is 12.1 Å². The largest absolute Gasteiger partial charge is 0.479 e. The number of nitriles is 1. The highest BCUT2D eigenvalue weighted by Crippen LogP contribution is 2.36. The molecule has 1 amide bonds. The maximum Gasteiger partial charge on any atom is 0.254 e. The minimum atomic E-state index is -1.29. The average Bonchev–Trinajstić information content (AvgIpc) is 3.06. The summed E-state index contributed by atoms with van der Waals surface area (Å²) in [6.07, 6.45) is 0.167. The number of nitrogens with zero attached hydrogens (tertiary/aromatic N) is 5. The summed E-state index contributed by atoms with van der Waals surface area (Å²) < 4.78 is 35.2. The number of rotatable bonds is 1. The van der Waals surface area contributed by atoms with Crippen LogP contribution in [0.2, 0.25) is 0 Å². The Hall–Kier alpha value is -4.00. The van der Waals surface area contributed by atoms with Gasteiger partial charge in [-0.3, -0.25) is 9.48 Å². The molecule has 3 heterocycles. The Labute approximate surface area is 176 Å². The van der Waals surface area contributed by atoms with Crippen molar-refractivity contribution in [3.8, 4) is 22.9 Å². The fourth-order valence-corrected chi connectivity index (χ4v) is 3.64. The molecule has 1 atom stereocenters. The van der Waals surface area contributed by atoms with E-state index in [4.69, 9.17) is 10.5 Å². The lowest BCUT2D eigenvalue weighted by atomic mass is 10.00. The number of hydrogen-bond acceptors (Lipinski definition) is 6. The number of nitrogen functional groups attached to an aromatic ring is 1. The Morgan fingerprint density at radius 2 is 2.13 bits per heavy atom. The maximum atomic E-state index is 14.0. The normalized spacial score (nSPS) is 15.8. The van der Waals surface area contributed by atoms with E-state index in [1.54, 1.807) is 14.1 Å². The van der Waals surface area contributed by atoms with Crippen molar-refractivity contribution in [3.05, 3.63) is 58.8 Å². The molecule has 1 aliphatic rings. The van der Waals surface area contributed by atoms with Gasteiger partial charge in [0.15, 0.2) is 17.7 Å². The summed E-state index contributed by atoms with van der Waals surface area (Å²) in [5.41, 5.74) is 7.74. The maximum absolute atomic E-state index is 14.0. The Morgan fingerprint density at radius 1 is 1.35 bits per heavy atom. The first-order valence-electron chi connectivity index (χ1n) is 9.33. The molecule has 0 radical (unpaired) electrons. The molecule has 2 bridgehead atoms. The van der Waals surface area contributed by atoms with Gasteiger partial charge >= 0.3 is 0 Å². The zero-order valence-electron chi connectivity index (χ0n) is 16.8. The van der Waals surface area contributed by atoms with Gasteiger partial charge in [0.25, 0.3) is 5.91 Å². The van der Waals surface area contributed by atoms with Gasteiger partial charge in [0, 0.05) is 42.5 Å².